The van der Waals surface area contributed by atoms with Crippen molar-refractivity contribution in [1.29, 1.82) is 0 Å². The van der Waals surface area contributed by atoms with Gasteiger partial charge < -0.3 is 0 Å². The average molecular weight is 214 g/mol. The fraction of sp³-hybridized carbons (Fsp3) is 0.167. The van der Waals surface area contributed by atoms with Crippen molar-refractivity contribution in [2.75, 3.05) is 0 Å². The molecule has 0 aliphatic carbocycles. The highest BCUT2D eigenvalue weighted by Crippen LogP contribution is 2.13. The first-order valence-electron chi connectivity index (χ1n) is 4.66. The Kier molecular flexibility index (Phi) is 4.61. The fourth-order valence-electron chi connectivity index (χ4n) is 1.36. The first kappa shape index (κ1) is 11.8. The van der Waals surface area contributed by atoms with E-state index in [4.69, 9.17) is 0 Å². The van der Waals surface area contributed by atoms with Crippen LogP contribution in [0.15, 0.2) is 40.8 Å². The minimum atomic E-state index is -0.754. The number of rotatable bonds is 5. The van der Waals surface area contributed by atoms with Gasteiger partial charge in [0.05, 0.1) is 0 Å². The lowest BCUT2D eigenvalue weighted by molar-refractivity contribution is 0.548. The van der Waals surface area contributed by atoms with Crippen LogP contribution >= 0.6 is 0 Å². The van der Waals surface area contributed by atoms with Crippen LogP contribution in [0, 0.1) is 0 Å². The average Bonchev–Trinajstić information content (AvgIpc) is 2.30. The maximum atomic E-state index is 10.1. The summed E-state index contributed by atoms with van der Waals surface area (Å²) in [6, 6.07) is 7.48. The topological polar surface area (TPSA) is 58.9 Å². The van der Waals surface area contributed by atoms with Crippen molar-refractivity contribution in [3.05, 3.63) is 42.0 Å². The summed E-state index contributed by atoms with van der Waals surface area (Å²) in [6.07, 6.45) is 4.07. The Bertz CT molecular complexity index is 452. The highest BCUT2D eigenvalue weighted by atomic mass is 16.1. The lowest BCUT2D eigenvalue weighted by Gasteiger charge is -2.06. The van der Waals surface area contributed by atoms with Crippen LogP contribution in [0.2, 0.25) is 0 Å². The summed E-state index contributed by atoms with van der Waals surface area (Å²) in [5.74, 6) is 0. The monoisotopic (exact) mass is 214 g/mol. The fourth-order valence-corrected chi connectivity index (χ4v) is 1.36. The van der Waals surface area contributed by atoms with E-state index in [-0.39, 0.29) is 0 Å². The number of hydrogen-bond donors (Lipinski definition) is 0. The lowest BCUT2D eigenvalue weighted by atomic mass is 10.0. The Hall–Kier alpha value is -2.28. The van der Waals surface area contributed by atoms with E-state index in [0.717, 1.165) is 11.1 Å². The Morgan fingerprint density at radius 3 is 2.44 bits per heavy atom. The van der Waals surface area contributed by atoms with Gasteiger partial charge >= 0.3 is 0 Å². The van der Waals surface area contributed by atoms with Gasteiger partial charge in [0.1, 0.15) is 0 Å². The second kappa shape index (κ2) is 6.25. The highest BCUT2D eigenvalue weighted by Gasteiger charge is 2.08. The van der Waals surface area contributed by atoms with E-state index in [9.17, 15) is 9.59 Å². The van der Waals surface area contributed by atoms with Crippen molar-refractivity contribution < 1.29 is 9.59 Å². The molecule has 0 heterocycles. The summed E-state index contributed by atoms with van der Waals surface area (Å²) in [6.45, 7) is 3.67. The van der Waals surface area contributed by atoms with Crippen molar-refractivity contribution >= 4 is 18.2 Å². The van der Waals surface area contributed by atoms with Crippen molar-refractivity contribution in [2.45, 2.75) is 12.6 Å². The molecule has 0 fully saturated rings. The van der Waals surface area contributed by atoms with Crippen molar-refractivity contribution in [2.24, 2.45) is 9.98 Å². The molecule has 4 heteroatoms. The van der Waals surface area contributed by atoms with Gasteiger partial charge in [-0.25, -0.2) is 9.59 Å². The lowest BCUT2D eigenvalue weighted by Crippen LogP contribution is -2.06. The summed E-state index contributed by atoms with van der Waals surface area (Å²) in [5, 5.41) is 0. The molecule has 0 N–H and O–H groups in total. The predicted molar refractivity (Wildman–Crippen MR) is 60.3 cm³/mol. The first-order valence-corrected chi connectivity index (χ1v) is 4.66. The van der Waals surface area contributed by atoms with Crippen LogP contribution in [-0.2, 0) is 16.0 Å². The van der Waals surface area contributed by atoms with Gasteiger partial charge in [-0.15, -0.1) is 0 Å². The Morgan fingerprint density at radius 2 is 1.88 bits per heavy atom. The number of aliphatic imine (C=N–C) groups is 2. The molecule has 80 valence electrons. The molecule has 16 heavy (non-hydrogen) atoms. The van der Waals surface area contributed by atoms with Crippen LogP contribution in [0.1, 0.15) is 11.1 Å². The van der Waals surface area contributed by atoms with Gasteiger partial charge in [-0.1, -0.05) is 36.9 Å². The highest BCUT2D eigenvalue weighted by molar-refractivity contribution is 5.52. The molecule has 0 saturated carbocycles. The zero-order chi connectivity index (χ0) is 11.8. The Labute approximate surface area is 93.0 Å². The summed E-state index contributed by atoms with van der Waals surface area (Å²) >= 11 is 0. The molecular weight excluding hydrogens is 204 g/mol. The zero-order valence-electron chi connectivity index (χ0n) is 8.59. The van der Waals surface area contributed by atoms with Gasteiger partial charge in [0.2, 0.25) is 12.2 Å². The summed E-state index contributed by atoms with van der Waals surface area (Å²) in [7, 11) is 0. The van der Waals surface area contributed by atoms with Gasteiger partial charge in [0, 0.05) is 6.42 Å². The second-order valence-electron chi connectivity index (χ2n) is 3.03. The molecule has 0 spiro atoms. The number of isocyanates is 2. The quantitative estimate of drug-likeness (QED) is 0.555. The summed E-state index contributed by atoms with van der Waals surface area (Å²) in [5.41, 5.74) is 1.84. The number of nitrogens with zero attached hydrogens (tertiary/aromatic N) is 2. The number of benzene rings is 1. The smallest absolute Gasteiger partial charge is 0.211 e. The standard InChI is InChI=1S/C12H10N2O2/c1-2-10-5-3-4-6-11(10)7-12(13-8-15)14-9-16/h2-6,12H,1,7H2. The normalized spacial score (nSPS) is 10.8. The van der Waals surface area contributed by atoms with Crippen molar-refractivity contribution in [3.63, 3.8) is 0 Å². The van der Waals surface area contributed by atoms with E-state index in [1.54, 1.807) is 6.08 Å². The molecule has 0 aliphatic rings. The van der Waals surface area contributed by atoms with E-state index < -0.39 is 6.17 Å². The molecule has 0 bridgehead atoms. The van der Waals surface area contributed by atoms with Gasteiger partial charge in [-0.05, 0) is 11.1 Å². The van der Waals surface area contributed by atoms with Crippen molar-refractivity contribution in [3.8, 4) is 0 Å². The Balaban J connectivity index is 2.96. The largest absolute Gasteiger partial charge is 0.237 e. The third kappa shape index (κ3) is 3.14. The molecule has 4 nitrogen and oxygen atoms in total. The molecule has 0 aliphatic heterocycles. The maximum Gasteiger partial charge on any atom is 0.237 e. The predicted octanol–water partition coefficient (Wildman–Crippen LogP) is 1.87. The summed E-state index contributed by atoms with van der Waals surface area (Å²) in [4.78, 5) is 27.1. The molecule has 0 amide bonds. The van der Waals surface area contributed by atoms with E-state index in [1.807, 2.05) is 24.3 Å². The number of hydrogen-bond acceptors (Lipinski definition) is 4. The maximum absolute atomic E-state index is 10.1. The van der Waals surface area contributed by atoms with E-state index in [2.05, 4.69) is 16.6 Å². The van der Waals surface area contributed by atoms with Gasteiger partial charge in [0.25, 0.3) is 0 Å². The molecule has 1 rings (SSSR count). The SMILES string of the molecule is C=Cc1ccccc1CC(N=C=O)N=C=O. The van der Waals surface area contributed by atoms with Crippen LogP contribution in [0.5, 0.6) is 0 Å². The van der Waals surface area contributed by atoms with E-state index in [1.165, 1.54) is 12.2 Å². The van der Waals surface area contributed by atoms with Crippen molar-refractivity contribution in [1.82, 2.24) is 0 Å². The molecular formula is C12H10N2O2. The minimum Gasteiger partial charge on any atom is -0.211 e. The molecule has 0 atom stereocenters. The van der Waals surface area contributed by atoms with Crippen LogP contribution in [0.25, 0.3) is 6.08 Å². The summed E-state index contributed by atoms with van der Waals surface area (Å²) < 4.78 is 0. The number of carbonyl (C=O) groups excluding carboxylic acids is 2. The molecule has 1 aromatic rings. The molecule has 0 saturated heterocycles. The minimum absolute atomic E-state index is 0.354. The molecule has 0 radical (unpaired) electrons. The van der Waals surface area contributed by atoms with Crippen LogP contribution in [0.4, 0.5) is 0 Å². The van der Waals surface area contributed by atoms with Gasteiger partial charge in [-0.2, -0.15) is 9.98 Å². The van der Waals surface area contributed by atoms with Gasteiger partial charge in [0.15, 0.2) is 6.17 Å². The van der Waals surface area contributed by atoms with E-state index in [0.29, 0.717) is 6.42 Å². The van der Waals surface area contributed by atoms with Gasteiger partial charge in [-0.3, -0.25) is 0 Å². The van der Waals surface area contributed by atoms with Crippen LogP contribution in [0.3, 0.4) is 0 Å². The van der Waals surface area contributed by atoms with Crippen LogP contribution in [-0.4, -0.2) is 18.3 Å². The van der Waals surface area contributed by atoms with Crippen LogP contribution < -0.4 is 0 Å². The third-order valence-electron chi connectivity index (χ3n) is 2.08. The second-order valence-corrected chi connectivity index (χ2v) is 3.03. The molecule has 1 aromatic carbocycles. The van der Waals surface area contributed by atoms with E-state index >= 15 is 0 Å². The molecule has 0 aromatic heterocycles. The Morgan fingerprint density at radius 1 is 1.25 bits per heavy atom. The zero-order valence-corrected chi connectivity index (χ0v) is 8.59. The first-order chi connectivity index (χ1) is 7.81. The molecule has 0 unspecified atom stereocenters. The third-order valence-corrected chi connectivity index (χ3v) is 2.08.